The lowest BCUT2D eigenvalue weighted by Crippen LogP contribution is -2.33. The average Bonchev–Trinajstić information content (AvgIpc) is 3.14. The van der Waals surface area contributed by atoms with Crippen LogP contribution in [0.2, 0.25) is 0 Å². The zero-order chi connectivity index (χ0) is 17.2. The van der Waals surface area contributed by atoms with Crippen molar-refractivity contribution in [2.45, 2.75) is 12.8 Å². The lowest BCUT2D eigenvalue weighted by atomic mass is 10.3. The van der Waals surface area contributed by atoms with Crippen LogP contribution in [0, 0.1) is 0 Å². The molecular weight excluding hydrogens is 306 g/mol. The summed E-state index contributed by atoms with van der Waals surface area (Å²) >= 11 is 0. The number of carbonyl (C=O) groups is 2. The predicted molar refractivity (Wildman–Crippen MR) is 93.0 cm³/mol. The van der Waals surface area contributed by atoms with E-state index < -0.39 is 0 Å². The summed E-state index contributed by atoms with van der Waals surface area (Å²) in [5, 5.41) is 5.60. The highest BCUT2D eigenvalue weighted by Gasteiger charge is 2.08. The number of benzene rings is 1. The van der Waals surface area contributed by atoms with Gasteiger partial charge in [0.25, 0.3) is 5.91 Å². The molecule has 0 bridgehead atoms. The van der Waals surface area contributed by atoms with Crippen molar-refractivity contribution in [3.05, 3.63) is 54.5 Å². The Balaban J connectivity index is 1.54. The number of nitrogens with zero attached hydrogens (tertiary/aromatic N) is 1. The van der Waals surface area contributed by atoms with Crippen LogP contribution in [0.4, 0.5) is 5.69 Å². The fraction of sp³-hybridized carbons (Fsp3) is 0.333. The van der Waals surface area contributed by atoms with E-state index in [0.717, 1.165) is 12.2 Å². The Morgan fingerprint density at radius 2 is 1.83 bits per heavy atom. The summed E-state index contributed by atoms with van der Waals surface area (Å²) in [7, 11) is 1.99. The van der Waals surface area contributed by atoms with E-state index in [9.17, 15) is 9.59 Å². The lowest BCUT2D eigenvalue weighted by molar-refractivity contribution is -0.121. The molecule has 1 aromatic heterocycles. The SMILES string of the molecule is CN(CCNC(=O)CCCNC(=O)c1ccco1)c1ccccc1. The first-order chi connectivity index (χ1) is 11.7. The lowest BCUT2D eigenvalue weighted by Gasteiger charge is -2.19. The van der Waals surface area contributed by atoms with Gasteiger partial charge < -0.3 is 20.0 Å². The molecule has 0 aliphatic rings. The minimum Gasteiger partial charge on any atom is -0.459 e. The van der Waals surface area contributed by atoms with Crippen molar-refractivity contribution in [2.24, 2.45) is 0 Å². The quantitative estimate of drug-likeness (QED) is 0.691. The maximum atomic E-state index is 11.8. The minimum absolute atomic E-state index is 0.0105. The highest BCUT2D eigenvalue weighted by Crippen LogP contribution is 2.09. The van der Waals surface area contributed by atoms with Gasteiger partial charge in [-0.2, -0.15) is 0 Å². The molecule has 2 aromatic rings. The van der Waals surface area contributed by atoms with E-state index in [1.807, 2.05) is 37.4 Å². The molecule has 128 valence electrons. The van der Waals surface area contributed by atoms with Crippen LogP contribution in [0.1, 0.15) is 23.4 Å². The molecule has 0 saturated heterocycles. The molecular formula is C18H23N3O3. The topological polar surface area (TPSA) is 74.6 Å². The number of furan rings is 1. The number of nitrogens with one attached hydrogen (secondary N) is 2. The summed E-state index contributed by atoms with van der Waals surface area (Å²) in [5.74, 6) is 0.0111. The van der Waals surface area contributed by atoms with Gasteiger partial charge in [-0.15, -0.1) is 0 Å². The largest absolute Gasteiger partial charge is 0.459 e. The number of hydrogen-bond donors (Lipinski definition) is 2. The van der Waals surface area contributed by atoms with Gasteiger partial charge in [-0.1, -0.05) is 18.2 Å². The molecule has 0 aliphatic heterocycles. The van der Waals surface area contributed by atoms with Crippen molar-refractivity contribution in [1.29, 1.82) is 0 Å². The first-order valence-electron chi connectivity index (χ1n) is 8.01. The fourth-order valence-corrected chi connectivity index (χ4v) is 2.21. The van der Waals surface area contributed by atoms with Gasteiger partial charge in [0.2, 0.25) is 5.91 Å². The van der Waals surface area contributed by atoms with Gasteiger partial charge in [0.05, 0.1) is 6.26 Å². The maximum absolute atomic E-state index is 11.8. The Morgan fingerprint density at radius 1 is 1.04 bits per heavy atom. The van der Waals surface area contributed by atoms with Crippen molar-refractivity contribution < 1.29 is 14.0 Å². The number of para-hydroxylation sites is 1. The van der Waals surface area contributed by atoms with Crippen molar-refractivity contribution >= 4 is 17.5 Å². The summed E-state index contributed by atoms with van der Waals surface area (Å²) in [6.45, 7) is 1.77. The van der Waals surface area contributed by atoms with Crippen molar-refractivity contribution in [3.8, 4) is 0 Å². The standard InChI is InChI=1S/C18H23N3O3/c1-21(15-7-3-2-4-8-15)13-12-19-17(22)10-5-11-20-18(23)16-9-6-14-24-16/h2-4,6-9,14H,5,10-13H2,1H3,(H,19,22)(H,20,23). The Kier molecular flexibility index (Phi) is 6.89. The van der Waals surface area contributed by atoms with E-state index in [-0.39, 0.29) is 17.6 Å². The van der Waals surface area contributed by atoms with Crippen molar-refractivity contribution in [1.82, 2.24) is 10.6 Å². The number of amides is 2. The Bertz CT molecular complexity index is 626. The normalized spacial score (nSPS) is 10.2. The minimum atomic E-state index is -0.259. The molecule has 6 nitrogen and oxygen atoms in total. The third-order valence-corrected chi connectivity index (χ3v) is 3.58. The molecule has 6 heteroatoms. The summed E-state index contributed by atoms with van der Waals surface area (Å²) in [6, 6.07) is 13.3. The van der Waals surface area contributed by atoms with Crippen molar-refractivity contribution in [3.63, 3.8) is 0 Å². The molecule has 0 unspecified atom stereocenters. The van der Waals surface area contributed by atoms with Crippen molar-refractivity contribution in [2.75, 3.05) is 31.6 Å². The fourth-order valence-electron chi connectivity index (χ4n) is 2.21. The molecule has 1 heterocycles. The van der Waals surface area contributed by atoms with Crippen LogP contribution in [-0.4, -0.2) is 38.5 Å². The van der Waals surface area contributed by atoms with Crippen LogP contribution in [0.25, 0.3) is 0 Å². The summed E-state index contributed by atoms with van der Waals surface area (Å²) in [4.78, 5) is 25.5. The maximum Gasteiger partial charge on any atom is 0.286 e. The smallest absolute Gasteiger partial charge is 0.286 e. The Labute approximate surface area is 141 Å². The summed E-state index contributed by atoms with van der Waals surface area (Å²) in [5.41, 5.74) is 1.12. The second-order valence-corrected chi connectivity index (χ2v) is 5.44. The second-order valence-electron chi connectivity index (χ2n) is 5.44. The number of likely N-dealkylation sites (N-methyl/N-ethyl adjacent to an activating group) is 1. The zero-order valence-electron chi connectivity index (χ0n) is 13.8. The summed E-state index contributed by atoms with van der Waals surface area (Å²) in [6.07, 6.45) is 2.43. The number of hydrogen-bond acceptors (Lipinski definition) is 4. The molecule has 1 aromatic carbocycles. The van der Waals surface area contributed by atoms with Gasteiger partial charge in [0, 0.05) is 38.8 Å². The van der Waals surface area contributed by atoms with E-state index in [1.54, 1.807) is 12.1 Å². The van der Waals surface area contributed by atoms with Crippen LogP contribution in [0.5, 0.6) is 0 Å². The first kappa shape index (κ1) is 17.6. The molecule has 0 spiro atoms. The van der Waals surface area contributed by atoms with Gasteiger partial charge >= 0.3 is 0 Å². The molecule has 24 heavy (non-hydrogen) atoms. The highest BCUT2D eigenvalue weighted by atomic mass is 16.3. The van der Waals surface area contributed by atoms with Gasteiger partial charge in [0.15, 0.2) is 5.76 Å². The first-order valence-corrected chi connectivity index (χ1v) is 8.01. The van der Waals surface area contributed by atoms with Gasteiger partial charge in [0.1, 0.15) is 0 Å². The third-order valence-electron chi connectivity index (χ3n) is 3.58. The summed E-state index contributed by atoms with van der Waals surface area (Å²) < 4.78 is 4.99. The van der Waals surface area contributed by atoms with Gasteiger partial charge in [-0.05, 0) is 30.7 Å². The van der Waals surface area contributed by atoms with Crippen LogP contribution < -0.4 is 15.5 Å². The third kappa shape index (κ3) is 5.79. The average molecular weight is 329 g/mol. The monoisotopic (exact) mass is 329 g/mol. The van der Waals surface area contributed by atoms with E-state index in [1.165, 1.54) is 6.26 Å². The molecule has 0 fully saturated rings. The molecule has 0 atom stereocenters. The van der Waals surface area contributed by atoms with E-state index >= 15 is 0 Å². The Morgan fingerprint density at radius 3 is 2.54 bits per heavy atom. The molecule has 2 N–H and O–H groups in total. The molecule has 0 radical (unpaired) electrons. The Hall–Kier alpha value is -2.76. The highest BCUT2D eigenvalue weighted by molar-refractivity contribution is 5.91. The van der Waals surface area contributed by atoms with Gasteiger partial charge in [-0.3, -0.25) is 9.59 Å². The number of anilines is 1. The van der Waals surface area contributed by atoms with Crippen LogP contribution in [0.15, 0.2) is 53.1 Å². The molecule has 2 amide bonds. The number of rotatable bonds is 9. The van der Waals surface area contributed by atoms with Crippen LogP contribution >= 0.6 is 0 Å². The molecule has 0 saturated carbocycles. The predicted octanol–water partition coefficient (Wildman–Crippen LogP) is 2.04. The zero-order valence-corrected chi connectivity index (χ0v) is 13.8. The van der Waals surface area contributed by atoms with Crippen LogP contribution in [0.3, 0.4) is 0 Å². The van der Waals surface area contributed by atoms with Gasteiger partial charge in [-0.25, -0.2) is 0 Å². The van der Waals surface area contributed by atoms with E-state index in [4.69, 9.17) is 4.42 Å². The van der Waals surface area contributed by atoms with E-state index in [0.29, 0.717) is 25.9 Å². The van der Waals surface area contributed by atoms with E-state index in [2.05, 4.69) is 15.5 Å². The number of carbonyl (C=O) groups excluding carboxylic acids is 2. The molecule has 0 aliphatic carbocycles. The second kappa shape index (κ2) is 9.39. The molecule has 2 rings (SSSR count). The van der Waals surface area contributed by atoms with Crippen LogP contribution in [-0.2, 0) is 4.79 Å².